The average molecular weight is 399 g/mol. The Kier molecular flexibility index (Phi) is 4.28. The molecule has 28 heavy (non-hydrogen) atoms. The number of hydrogen-bond donors (Lipinski definition) is 1. The van der Waals surface area contributed by atoms with Crippen molar-refractivity contribution in [1.82, 2.24) is 0 Å². The van der Waals surface area contributed by atoms with Crippen molar-refractivity contribution in [2.75, 3.05) is 30.1 Å². The van der Waals surface area contributed by atoms with Gasteiger partial charge in [-0.05, 0) is 43.2 Å². The van der Waals surface area contributed by atoms with Gasteiger partial charge in [-0.15, -0.1) is 0 Å². The molecule has 1 saturated heterocycles. The summed E-state index contributed by atoms with van der Waals surface area (Å²) in [6.45, 7) is 2.11. The van der Waals surface area contributed by atoms with Crippen molar-refractivity contribution in [2.24, 2.45) is 0 Å². The number of hydrogen-bond acceptors (Lipinski definition) is 6. The third kappa shape index (κ3) is 3.24. The fourth-order valence-corrected chi connectivity index (χ4v) is 4.01. The Morgan fingerprint density at radius 2 is 1.82 bits per heavy atom. The monoisotopic (exact) mass is 398 g/mol. The van der Waals surface area contributed by atoms with Gasteiger partial charge in [-0.3, -0.25) is 0 Å². The first-order valence-corrected chi connectivity index (χ1v) is 9.68. The molecule has 5 rings (SSSR count). The van der Waals surface area contributed by atoms with E-state index in [1.54, 1.807) is 12.1 Å². The van der Waals surface area contributed by atoms with Crippen LogP contribution in [0.2, 0.25) is 5.02 Å². The first kappa shape index (κ1) is 17.3. The molecule has 0 bridgehead atoms. The minimum Gasteiger partial charge on any atom is -0.454 e. The normalized spacial score (nSPS) is 16.5. The zero-order valence-electron chi connectivity index (χ0n) is 15.1. The highest BCUT2D eigenvalue weighted by atomic mass is 35.5. The number of nitrogens with one attached hydrogen (secondary N) is 1. The van der Waals surface area contributed by atoms with Crippen LogP contribution in [-0.2, 0) is 0 Å². The van der Waals surface area contributed by atoms with Crippen molar-refractivity contribution in [3.63, 3.8) is 0 Å². The van der Waals surface area contributed by atoms with E-state index in [1.165, 1.54) is 6.07 Å². The lowest BCUT2D eigenvalue weighted by Gasteiger charge is -2.34. The van der Waals surface area contributed by atoms with E-state index in [-0.39, 0.29) is 18.5 Å². The van der Waals surface area contributed by atoms with Crippen molar-refractivity contribution in [3.8, 4) is 11.5 Å². The van der Waals surface area contributed by atoms with Crippen LogP contribution >= 0.6 is 11.6 Å². The number of piperidine rings is 1. The Bertz CT molecular complexity index is 1090. The second-order valence-electron chi connectivity index (χ2n) is 7.06. The van der Waals surface area contributed by atoms with Crippen LogP contribution in [-0.4, -0.2) is 25.9 Å². The van der Waals surface area contributed by atoms with Gasteiger partial charge < -0.3 is 24.1 Å². The highest BCUT2D eigenvalue weighted by Crippen LogP contribution is 2.36. The average Bonchev–Trinajstić information content (AvgIpc) is 3.17. The van der Waals surface area contributed by atoms with E-state index >= 15 is 0 Å². The van der Waals surface area contributed by atoms with Gasteiger partial charge in [0.05, 0.1) is 5.69 Å². The summed E-state index contributed by atoms with van der Waals surface area (Å²) >= 11 is 6.13. The second kappa shape index (κ2) is 6.95. The van der Waals surface area contributed by atoms with Gasteiger partial charge in [0.1, 0.15) is 5.58 Å². The Labute approximate surface area is 166 Å². The van der Waals surface area contributed by atoms with Crippen molar-refractivity contribution in [3.05, 3.63) is 57.9 Å². The van der Waals surface area contributed by atoms with Crippen LogP contribution in [0.3, 0.4) is 0 Å². The molecule has 3 heterocycles. The molecule has 0 atom stereocenters. The number of rotatable bonds is 3. The third-order valence-corrected chi connectivity index (χ3v) is 5.52. The van der Waals surface area contributed by atoms with Crippen LogP contribution in [0.1, 0.15) is 12.8 Å². The maximum Gasteiger partial charge on any atom is 0.338 e. The summed E-state index contributed by atoms with van der Waals surface area (Å²) in [4.78, 5) is 14.2. The summed E-state index contributed by atoms with van der Waals surface area (Å²) in [6.07, 6.45) is 1.91. The summed E-state index contributed by atoms with van der Waals surface area (Å²) in [5, 5.41) is 4.95. The fourth-order valence-electron chi connectivity index (χ4n) is 3.84. The molecule has 1 aromatic heterocycles. The van der Waals surface area contributed by atoms with Crippen LogP contribution in [0.25, 0.3) is 11.0 Å². The number of ether oxygens (including phenoxy) is 2. The molecule has 0 radical (unpaired) electrons. The van der Waals surface area contributed by atoms with Crippen LogP contribution < -0.4 is 25.3 Å². The van der Waals surface area contributed by atoms with Crippen LogP contribution in [0.15, 0.2) is 51.7 Å². The lowest BCUT2D eigenvalue weighted by Crippen LogP contribution is -2.39. The zero-order valence-corrected chi connectivity index (χ0v) is 15.9. The summed E-state index contributed by atoms with van der Waals surface area (Å²) in [5.74, 6) is 1.60. The first-order chi connectivity index (χ1) is 13.7. The molecule has 2 aromatic carbocycles. The van der Waals surface area contributed by atoms with Crippen LogP contribution in [0.5, 0.6) is 11.5 Å². The predicted molar refractivity (Wildman–Crippen MR) is 109 cm³/mol. The SMILES string of the molecule is O=c1cc(NC2CCN(c3ccc4c(c3)OCO4)CC2)c2cc(Cl)ccc2o1. The quantitative estimate of drug-likeness (QED) is 0.665. The highest BCUT2D eigenvalue weighted by molar-refractivity contribution is 6.31. The minimum atomic E-state index is -0.366. The Morgan fingerprint density at radius 3 is 2.68 bits per heavy atom. The van der Waals surface area contributed by atoms with Gasteiger partial charge in [0, 0.05) is 47.4 Å². The topological polar surface area (TPSA) is 63.9 Å². The molecule has 3 aromatic rings. The van der Waals surface area contributed by atoms with E-state index in [0.29, 0.717) is 10.6 Å². The number of anilines is 2. The first-order valence-electron chi connectivity index (χ1n) is 9.30. The van der Waals surface area contributed by atoms with Gasteiger partial charge >= 0.3 is 5.63 Å². The van der Waals surface area contributed by atoms with Gasteiger partial charge in [-0.2, -0.15) is 0 Å². The summed E-state index contributed by atoms with van der Waals surface area (Å²) < 4.78 is 16.1. The molecule has 1 N–H and O–H groups in total. The largest absolute Gasteiger partial charge is 0.454 e. The minimum absolute atomic E-state index is 0.272. The van der Waals surface area contributed by atoms with E-state index < -0.39 is 0 Å². The Morgan fingerprint density at radius 1 is 1.00 bits per heavy atom. The molecule has 2 aliphatic rings. The molecule has 144 valence electrons. The van der Waals surface area contributed by atoms with E-state index in [0.717, 1.165) is 54.2 Å². The molecule has 0 aliphatic carbocycles. The van der Waals surface area contributed by atoms with Crippen molar-refractivity contribution < 1.29 is 13.9 Å². The molecule has 7 heteroatoms. The standard InChI is InChI=1S/C21H19ClN2O4/c22-13-1-3-18-16(9-13)17(11-21(25)28-18)23-14-5-7-24(8-6-14)15-2-4-19-20(10-15)27-12-26-19/h1-4,9-11,14,23H,5-8,12H2. The molecular weight excluding hydrogens is 380 g/mol. The summed E-state index contributed by atoms with van der Waals surface area (Å²) in [7, 11) is 0. The lowest BCUT2D eigenvalue weighted by atomic mass is 10.0. The predicted octanol–water partition coefficient (Wildman–Crippen LogP) is 4.26. The van der Waals surface area contributed by atoms with Gasteiger partial charge in [-0.1, -0.05) is 11.6 Å². The van der Waals surface area contributed by atoms with Gasteiger partial charge in [0.25, 0.3) is 0 Å². The lowest BCUT2D eigenvalue weighted by molar-refractivity contribution is 0.174. The molecule has 0 saturated carbocycles. The number of fused-ring (bicyclic) bond motifs is 2. The van der Waals surface area contributed by atoms with Crippen LogP contribution in [0, 0.1) is 0 Å². The van der Waals surface area contributed by atoms with Gasteiger partial charge in [0.15, 0.2) is 11.5 Å². The number of nitrogens with zero attached hydrogens (tertiary/aromatic N) is 1. The van der Waals surface area contributed by atoms with Crippen molar-refractivity contribution in [2.45, 2.75) is 18.9 Å². The maximum absolute atomic E-state index is 11.9. The maximum atomic E-state index is 11.9. The van der Waals surface area contributed by atoms with Crippen molar-refractivity contribution >= 4 is 33.9 Å². The van der Waals surface area contributed by atoms with Gasteiger partial charge in [0.2, 0.25) is 6.79 Å². The summed E-state index contributed by atoms with van der Waals surface area (Å²) in [5.41, 5.74) is 2.09. The van der Waals surface area contributed by atoms with Crippen LogP contribution in [0.4, 0.5) is 11.4 Å². The van der Waals surface area contributed by atoms with Gasteiger partial charge in [-0.25, -0.2) is 4.79 Å². The van der Waals surface area contributed by atoms with Crippen molar-refractivity contribution in [1.29, 1.82) is 0 Å². The zero-order chi connectivity index (χ0) is 19.1. The fraction of sp³-hybridized carbons (Fsp3) is 0.286. The molecule has 0 spiro atoms. The van der Waals surface area contributed by atoms with E-state index in [4.69, 9.17) is 25.5 Å². The van der Waals surface area contributed by atoms with E-state index in [1.807, 2.05) is 18.2 Å². The Hall–Kier alpha value is -2.86. The van der Waals surface area contributed by atoms with E-state index in [9.17, 15) is 4.79 Å². The molecule has 0 unspecified atom stereocenters. The molecule has 1 fully saturated rings. The Balaban J connectivity index is 1.31. The molecule has 0 amide bonds. The number of benzene rings is 2. The molecule has 2 aliphatic heterocycles. The number of halogens is 1. The molecule has 6 nitrogen and oxygen atoms in total. The molecular formula is C21H19ClN2O4. The van der Waals surface area contributed by atoms with E-state index in [2.05, 4.69) is 16.3 Å². The highest BCUT2D eigenvalue weighted by Gasteiger charge is 2.22. The third-order valence-electron chi connectivity index (χ3n) is 5.28. The smallest absolute Gasteiger partial charge is 0.338 e. The second-order valence-corrected chi connectivity index (χ2v) is 7.50. The summed E-state index contributed by atoms with van der Waals surface area (Å²) in [6, 6.07) is 13.1.